The van der Waals surface area contributed by atoms with Crippen molar-refractivity contribution < 1.29 is 0 Å². The van der Waals surface area contributed by atoms with Crippen molar-refractivity contribution in [3.63, 3.8) is 0 Å². The van der Waals surface area contributed by atoms with Crippen LogP contribution in [0.25, 0.3) is 0 Å². The van der Waals surface area contributed by atoms with Gasteiger partial charge in [0, 0.05) is 28.5 Å². The Bertz CT molecular complexity index is 587. The molecule has 20 heavy (non-hydrogen) atoms. The molecule has 1 unspecified atom stereocenters. The zero-order valence-electron chi connectivity index (χ0n) is 11.0. The number of benzene rings is 1. The van der Waals surface area contributed by atoms with Crippen LogP contribution in [0.2, 0.25) is 15.1 Å². The van der Waals surface area contributed by atoms with Gasteiger partial charge in [-0.2, -0.15) is 0 Å². The predicted molar refractivity (Wildman–Crippen MR) is 85.8 cm³/mol. The standard InChI is InChI=1S/C15H15Cl3N2/c1-2-20-15(7-10-5-6-19-9-14(10)18)12-4-3-11(16)8-13(12)17/h3-6,8-9,15,20H,2,7H2,1H3. The van der Waals surface area contributed by atoms with Crippen LogP contribution >= 0.6 is 34.8 Å². The van der Waals surface area contributed by atoms with Gasteiger partial charge < -0.3 is 5.32 Å². The summed E-state index contributed by atoms with van der Waals surface area (Å²) in [6.07, 6.45) is 4.15. The highest BCUT2D eigenvalue weighted by Gasteiger charge is 2.16. The Kier molecular flexibility index (Phi) is 5.67. The number of pyridine rings is 1. The minimum absolute atomic E-state index is 0.0877. The van der Waals surface area contributed by atoms with Crippen molar-refractivity contribution >= 4 is 34.8 Å². The monoisotopic (exact) mass is 328 g/mol. The van der Waals surface area contributed by atoms with Crippen LogP contribution in [0.1, 0.15) is 24.1 Å². The Morgan fingerprint density at radius 2 is 1.95 bits per heavy atom. The van der Waals surface area contributed by atoms with Crippen LogP contribution in [0.5, 0.6) is 0 Å². The lowest BCUT2D eigenvalue weighted by Crippen LogP contribution is -2.23. The summed E-state index contributed by atoms with van der Waals surface area (Å²) in [5, 5.41) is 5.39. The normalized spacial score (nSPS) is 12.4. The fourth-order valence-corrected chi connectivity index (χ4v) is 2.85. The number of rotatable bonds is 5. The molecular formula is C15H15Cl3N2. The molecule has 5 heteroatoms. The zero-order valence-corrected chi connectivity index (χ0v) is 13.3. The lowest BCUT2D eigenvalue weighted by atomic mass is 9.99. The molecule has 0 saturated carbocycles. The maximum atomic E-state index is 6.30. The molecule has 0 fully saturated rings. The average molecular weight is 330 g/mol. The fourth-order valence-electron chi connectivity index (χ4n) is 2.11. The molecule has 0 aliphatic rings. The first kappa shape index (κ1) is 15.6. The number of hydrogen-bond acceptors (Lipinski definition) is 2. The van der Waals surface area contributed by atoms with E-state index in [1.807, 2.05) is 18.2 Å². The number of halogens is 3. The van der Waals surface area contributed by atoms with Crippen LogP contribution < -0.4 is 5.32 Å². The van der Waals surface area contributed by atoms with E-state index in [1.165, 1.54) is 0 Å². The third kappa shape index (κ3) is 3.86. The van der Waals surface area contributed by atoms with Gasteiger partial charge in [0.25, 0.3) is 0 Å². The third-order valence-corrected chi connectivity index (χ3v) is 3.97. The molecule has 0 saturated heterocycles. The summed E-state index contributed by atoms with van der Waals surface area (Å²) in [6.45, 7) is 2.90. The van der Waals surface area contributed by atoms with E-state index >= 15 is 0 Å². The van der Waals surface area contributed by atoms with Crippen molar-refractivity contribution in [2.75, 3.05) is 6.54 Å². The Hall–Kier alpha value is -0.800. The topological polar surface area (TPSA) is 24.9 Å². The van der Waals surface area contributed by atoms with Crippen LogP contribution in [0.4, 0.5) is 0 Å². The van der Waals surface area contributed by atoms with Gasteiger partial charge in [0.2, 0.25) is 0 Å². The van der Waals surface area contributed by atoms with Crippen LogP contribution in [-0.2, 0) is 6.42 Å². The van der Waals surface area contributed by atoms with E-state index in [0.29, 0.717) is 15.1 Å². The molecule has 0 amide bonds. The van der Waals surface area contributed by atoms with E-state index in [2.05, 4.69) is 17.2 Å². The largest absolute Gasteiger partial charge is 0.310 e. The second kappa shape index (κ2) is 7.28. The highest BCUT2D eigenvalue weighted by atomic mass is 35.5. The molecule has 2 aromatic rings. The zero-order chi connectivity index (χ0) is 14.5. The van der Waals surface area contributed by atoms with Gasteiger partial charge in [-0.15, -0.1) is 0 Å². The SMILES string of the molecule is CCNC(Cc1ccncc1Cl)c1ccc(Cl)cc1Cl. The first-order valence-corrected chi connectivity index (χ1v) is 7.52. The quantitative estimate of drug-likeness (QED) is 0.841. The first-order chi connectivity index (χ1) is 9.61. The molecular weight excluding hydrogens is 315 g/mol. The molecule has 1 aromatic carbocycles. The van der Waals surface area contributed by atoms with Gasteiger partial charge in [0.1, 0.15) is 0 Å². The summed E-state index contributed by atoms with van der Waals surface area (Å²) < 4.78 is 0. The molecule has 0 radical (unpaired) electrons. The Morgan fingerprint density at radius 3 is 2.60 bits per heavy atom. The smallest absolute Gasteiger partial charge is 0.0622 e. The van der Waals surface area contributed by atoms with Gasteiger partial charge in [-0.3, -0.25) is 4.98 Å². The summed E-state index contributed by atoms with van der Waals surface area (Å²) in [4.78, 5) is 4.00. The van der Waals surface area contributed by atoms with E-state index in [-0.39, 0.29) is 6.04 Å². The molecule has 0 bridgehead atoms. The molecule has 2 nitrogen and oxygen atoms in total. The van der Waals surface area contributed by atoms with Crippen molar-refractivity contribution in [2.45, 2.75) is 19.4 Å². The summed E-state index contributed by atoms with van der Waals surface area (Å²) in [5.74, 6) is 0. The molecule has 1 aromatic heterocycles. The van der Waals surface area contributed by atoms with Crippen molar-refractivity contribution in [3.8, 4) is 0 Å². The molecule has 106 valence electrons. The molecule has 2 rings (SSSR count). The fraction of sp³-hybridized carbons (Fsp3) is 0.267. The highest BCUT2D eigenvalue weighted by Crippen LogP contribution is 2.29. The number of nitrogens with one attached hydrogen (secondary N) is 1. The highest BCUT2D eigenvalue weighted by molar-refractivity contribution is 6.35. The Balaban J connectivity index is 2.29. The van der Waals surface area contributed by atoms with E-state index in [1.54, 1.807) is 18.5 Å². The Labute approximate surface area is 134 Å². The van der Waals surface area contributed by atoms with Crippen molar-refractivity contribution in [2.24, 2.45) is 0 Å². The number of nitrogens with zero attached hydrogens (tertiary/aromatic N) is 1. The van der Waals surface area contributed by atoms with Gasteiger partial charge in [0.15, 0.2) is 0 Å². The summed E-state index contributed by atoms with van der Waals surface area (Å²) in [6, 6.07) is 7.58. The maximum Gasteiger partial charge on any atom is 0.0622 e. The first-order valence-electron chi connectivity index (χ1n) is 6.38. The molecule has 1 N–H and O–H groups in total. The van der Waals surface area contributed by atoms with Crippen molar-refractivity contribution in [1.29, 1.82) is 0 Å². The van der Waals surface area contributed by atoms with Crippen LogP contribution in [0.15, 0.2) is 36.7 Å². The predicted octanol–water partition coefficient (Wildman–Crippen LogP) is 4.94. The summed E-state index contributed by atoms with van der Waals surface area (Å²) in [7, 11) is 0. The maximum absolute atomic E-state index is 6.30. The molecule has 0 spiro atoms. The van der Waals surface area contributed by atoms with E-state index in [0.717, 1.165) is 24.1 Å². The third-order valence-electron chi connectivity index (χ3n) is 3.07. The molecule has 1 heterocycles. The van der Waals surface area contributed by atoms with Gasteiger partial charge in [-0.25, -0.2) is 0 Å². The summed E-state index contributed by atoms with van der Waals surface area (Å²) in [5.41, 5.74) is 2.06. The lowest BCUT2D eigenvalue weighted by Gasteiger charge is -2.20. The summed E-state index contributed by atoms with van der Waals surface area (Å²) >= 11 is 18.4. The van der Waals surface area contributed by atoms with E-state index in [9.17, 15) is 0 Å². The molecule has 0 aliphatic carbocycles. The van der Waals surface area contributed by atoms with Crippen LogP contribution in [0.3, 0.4) is 0 Å². The molecule has 0 aliphatic heterocycles. The number of likely N-dealkylation sites (N-methyl/N-ethyl adjacent to an activating group) is 1. The average Bonchev–Trinajstić information content (AvgIpc) is 2.41. The van der Waals surface area contributed by atoms with Crippen LogP contribution in [0, 0.1) is 0 Å². The molecule has 1 atom stereocenters. The van der Waals surface area contributed by atoms with Gasteiger partial charge in [0.05, 0.1) is 5.02 Å². The van der Waals surface area contributed by atoms with Crippen LogP contribution in [-0.4, -0.2) is 11.5 Å². The second-order valence-electron chi connectivity index (χ2n) is 4.45. The number of hydrogen-bond donors (Lipinski definition) is 1. The van der Waals surface area contributed by atoms with Gasteiger partial charge in [-0.1, -0.05) is 47.8 Å². The lowest BCUT2D eigenvalue weighted by molar-refractivity contribution is 0.550. The van der Waals surface area contributed by atoms with E-state index in [4.69, 9.17) is 34.8 Å². The number of aromatic nitrogens is 1. The second-order valence-corrected chi connectivity index (χ2v) is 5.70. The minimum atomic E-state index is 0.0877. The minimum Gasteiger partial charge on any atom is -0.310 e. The van der Waals surface area contributed by atoms with Crippen molar-refractivity contribution in [3.05, 3.63) is 62.9 Å². The van der Waals surface area contributed by atoms with E-state index < -0.39 is 0 Å². The Morgan fingerprint density at radius 1 is 1.15 bits per heavy atom. The van der Waals surface area contributed by atoms with Crippen molar-refractivity contribution in [1.82, 2.24) is 10.3 Å². The van der Waals surface area contributed by atoms with Gasteiger partial charge in [-0.05, 0) is 42.3 Å². The van der Waals surface area contributed by atoms with Gasteiger partial charge >= 0.3 is 0 Å².